The number of anilines is 1. The summed E-state index contributed by atoms with van der Waals surface area (Å²) >= 11 is 0. The number of hydrogen-bond donors (Lipinski definition) is 3. The molecule has 1 amide bonds. The highest BCUT2D eigenvalue weighted by Gasteiger charge is 2.22. The van der Waals surface area contributed by atoms with Crippen LogP contribution in [0.25, 0.3) is 0 Å². The summed E-state index contributed by atoms with van der Waals surface area (Å²) < 4.78 is 0. The molecule has 0 spiro atoms. The van der Waals surface area contributed by atoms with E-state index >= 15 is 0 Å². The third kappa shape index (κ3) is 4.10. The maximum Gasteiger partial charge on any atom is 0.326 e. The van der Waals surface area contributed by atoms with Gasteiger partial charge in [-0.05, 0) is 42.7 Å². The van der Waals surface area contributed by atoms with Gasteiger partial charge in [-0.25, -0.2) is 4.79 Å². The molecule has 5 nitrogen and oxygen atoms in total. The second-order valence-electron chi connectivity index (χ2n) is 5.58. The molecule has 2 rings (SSSR count). The number of carbonyl (C=O) groups excluding carboxylic acids is 1. The van der Waals surface area contributed by atoms with Gasteiger partial charge in [-0.3, -0.25) is 4.79 Å². The highest BCUT2D eigenvalue weighted by Crippen LogP contribution is 2.14. The molecular formula is C18H20N2O3. The van der Waals surface area contributed by atoms with Gasteiger partial charge < -0.3 is 16.2 Å². The van der Waals surface area contributed by atoms with Crippen LogP contribution in [0.15, 0.2) is 42.5 Å². The molecule has 0 bridgehead atoms. The molecule has 0 unspecified atom stereocenters. The number of nitrogens with two attached hydrogens (primary N) is 1. The van der Waals surface area contributed by atoms with Gasteiger partial charge in [-0.1, -0.05) is 30.3 Å². The van der Waals surface area contributed by atoms with E-state index in [1.807, 2.05) is 32.0 Å². The Balaban J connectivity index is 2.18. The Kier molecular flexibility index (Phi) is 5.01. The molecule has 0 aliphatic heterocycles. The lowest BCUT2D eigenvalue weighted by Gasteiger charge is -2.17. The van der Waals surface area contributed by atoms with Crippen LogP contribution in [0.2, 0.25) is 0 Å². The zero-order valence-corrected chi connectivity index (χ0v) is 13.2. The molecule has 23 heavy (non-hydrogen) atoms. The smallest absolute Gasteiger partial charge is 0.326 e. The van der Waals surface area contributed by atoms with Gasteiger partial charge in [-0.15, -0.1) is 0 Å². The van der Waals surface area contributed by atoms with Crippen LogP contribution >= 0.6 is 0 Å². The Hall–Kier alpha value is -2.82. The van der Waals surface area contributed by atoms with E-state index in [4.69, 9.17) is 5.73 Å². The molecule has 0 aliphatic carbocycles. The molecule has 0 radical (unpaired) electrons. The van der Waals surface area contributed by atoms with Crippen LogP contribution in [-0.2, 0) is 11.2 Å². The lowest BCUT2D eigenvalue weighted by Crippen LogP contribution is -2.42. The summed E-state index contributed by atoms with van der Waals surface area (Å²) in [4.78, 5) is 23.9. The molecule has 0 saturated carbocycles. The fraction of sp³-hybridized carbons (Fsp3) is 0.222. The number of amides is 1. The molecule has 120 valence electrons. The Bertz CT molecular complexity index is 703. The summed E-state index contributed by atoms with van der Waals surface area (Å²) in [5.41, 5.74) is 9.19. The predicted molar refractivity (Wildman–Crippen MR) is 89.4 cm³/mol. The molecule has 0 aliphatic rings. The van der Waals surface area contributed by atoms with Gasteiger partial charge in [0.25, 0.3) is 5.91 Å². The Morgan fingerprint density at radius 2 is 1.65 bits per heavy atom. The number of benzene rings is 2. The number of aliphatic carboxylic acids is 1. The van der Waals surface area contributed by atoms with E-state index in [9.17, 15) is 14.7 Å². The van der Waals surface area contributed by atoms with Gasteiger partial charge in [0.2, 0.25) is 0 Å². The maximum absolute atomic E-state index is 12.5. The molecule has 0 heterocycles. The van der Waals surface area contributed by atoms with Crippen molar-refractivity contribution in [2.45, 2.75) is 26.3 Å². The van der Waals surface area contributed by atoms with E-state index in [1.165, 1.54) is 0 Å². The minimum atomic E-state index is -1.07. The monoisotopic (exact) mass is 312 g/mol. The standard InChI is InChI=1S/C18H20N2O3/c1-11-4-3-5-12(2)16(11)17(21)20-15(18(22)23)10-13-6-8-14(19)9-7-13/h3-9,15H,10,19H2,1-2H3,(H,20,21)(H,22,23)/t15-/m0/s1. The first-order valence-electron chi connectivity index (χ1n) is 7.33. The van der Waals surface area contributed by atoms with Gasteiger partial charge >= 0.3 is 5.97 Å². The largest absolute Gasteiger partial charge is 0.480 e. The van der Waals surface area contributed by atoms with Crippen molar-refractivity contribution in [2.75, 3.05) is 5.73 Å². The van der Waals surface area contributed by atoms with E-state index in [0.717, 1.165) is 16.7 Å². The SMILES string of the molecule is Cc1cccc(C)c1C(=O)N[C@@H](Cc1ccc(N)cc1)C(=O)O. The van der Waals surface area contributed by atoms with Crippen LogP contribution in [0.4, 0.5) is 5.69 Å². The summed E-state index contributed by atoms with van der Waals surface area (Å²) in [5, 5.41) is 12.0. The van der Waals surface area contributed by atoms with Crippen molar-refractivity contribution in [3.05, 3.63) is 64.7 Å². The second kappa shape index (κ2) is 6.96. The molecule has 0 aromatic heterocycles. The van der Waals surface area contributed by atoms with E-state index in [2.05, 4.69) is 5.32 Å². The average Bonchev–Trinajstić information content (AvgIpc) is 2.48. The van der Waals surface area contributed by atoms with Crippen molar-refractivity contribution in [2.24, 2.45) is 0 Å². The van der Waals surface area contributed by atoms with Crippen LogP contribution in [0, 0.1) is 13.8 Å². The number of carbonyl (C=O) groups is 2. The van der Waals surface area contributed by atoms with E-state index < -0.39 is 12.0 Å². The molecule has 0 fully saturated rings. The zero-order valence-electron chi connectivity index (χ0n) is 13.2. The molecule has 2 aromatic rings. The highest BCUT2D eigenvalue weighted by molar-refractivity contribution is 5.99. The van der Waals surface area contributed by atoms with Gasteiger partial charge in [0.05, 0.1) is 0 Å². The van der Waals surface area contributed by atoms with Crippen LogP contribution in [-0.4, -0.2) is 23.0 Å². The van der Waals surface area contributed by atoms with E-state index in [0.29, 0.717) is 11.3 Å². The number of rotatable bonds is 5. The normalized spacial score (nSPS) is 11.7. The predicted octanol–water partition coefficient (Wildman–Crippen LogP) is 2.31. The summed E-state index contributed by atoms with van der Waals surface area (Å²) in [5.74, 6) is -1.44. The first-order chi connectivity index (χ1) is 10.9. The van der Waals surface area contributed by atoms with Gasteiger partial charge in [-0.2, -0.15) is 0 Å². The van der Waals surface area contributed by atoms with Gasteiger partial charge in [0.15, 0.2) is 0 Å². The van der Waals surface area contributed by atoms with Crippen molar-refractivity contribution >= 4 is 17.6 Å². The summed E-state index contributed by atoms with van der Waals surface area (Å²) in [6.07, 6.45) is 0.201. The molecule has 5 heteroatoms. The number of carboxylic acid groups (broad SMARTS) is 1. The fourth-order valence-corrected chi connectivity index (χ4v) is 2.49. The first-order valence-corrected chi connectivity index (χ1v) is 7.33. The van der Waals surface area contributed by atoms with E-state index in [1.54, 1.807) is 24.3 Å². The number of nitrogen functional groups attached to an aromatic ring is 1. The van der Waals surface area contributed by atoms with Crippen molar-refractivity contribution in [1.82, 2.24) is 5.32 Å². The fourth-order valence-electron chi connectivity index (χ4n) is 2.49. The maximum atomic E-state index is 12.5. The number of aryl methyl sites for hydroxylation is 2. The highest BCUT2D eigenvalue weighted by atomic mass is 16.4. The van der Waals surface area contributed by atoms with Crippen molar-refractivity contribution in [1.29, 1.82) is 0 Å². The quantitative estimate of drug-likeness (QED) is 0.739. The molecule has 4 N–H and O–H groups in total. The topological polar surface area (TPSA) is 92.4 Å². The van der Waals surface area contributed by atoms with Crippen LogP contribution in [0.1, 0.15) is 27.0 Å². The van der Waals surface area contributed by atoms with Crippen LogP contribution in [0.5, 0.6) is 0 Å². The molecule has 0 saturated heterocycles. The number of nitrogens with one attached hydrogen (secondary N) is 1. The van der Waals surface area contributed by atoms with Crippen LogP contribution in [0.3, 0.4) is 0 Å². The number of carboxylic acids is 1. The minimum Gasteiger partial charge on any atom is -0.480 e. The molecule has 2 aromatic carbocycles. The van der Waals surface area contributed by atoms with Gasteiger partial charge in [0, 0.05) is 17.7 Å². The second-order valence-corrected chi connectivity index (χ2v) is 5.58. The zero-order chi connectivity index (χ0) is 17.0. The Labute approximate surface area is 135 Å². The van der Waals surface area contributed by atoms with Crippen molar-refractivity contribution in [3.8, 4) is 0 Å². The Morgan fingerprint density at radius 1 is 1.09 bits per heavy atom. The first kappa shape index (κ1) is 16.5. The molecular weight excluding hydrogens is 292 g/mol. The number of hydrogen-bond acceptors (Lipinski definition) is 3. The van der Waals surface area contributed by atoms with E-state index in [-0.39, 0.29) is 12.3 Å². The lowest BCUT2D eigenvalue weighted by atomic mass is 10.0. The average molecular weight is 312 g/mol. The van der Waals surface area contributed by atoms with Crippen molar-refractivity contribution in [3.63, 3.8) is 0 Å². The third-order valence-corrected chi connectivity index (χ3v) is 3.73. The summed E-state index contributed by atoms with van der Waals surface area (Å²) in [6.45, 7) is 3.66. The molecule has 1 atom stereocenters. The van der Waals surface area contributed by atoms with Gasteiger partial charge in [0.1, 0.15) is 6.04 Å². The van der Waals surface area contributed by atoms with Crippen LogP contribution < -0.4 is 11.1 Å². The lowest BCUT2D eigenvalue weighted by molar-refractivity contribution is -0.139. The minimum absolute atomic E-state index is 0.201. The summed E-state index contributed by atoms with van der Waals surface area (Å²) in [6, 6.07) is 11.5. The van der Waals surface area contributed by atoms with Crippen molar-refractivity contribution < 1.29 is 14.7 Å². The third-order valence-electron chi connectivity index (χ3n) is 3.73. The summed E-state index contributed by atoms with van der Waals surface area (Å²) in [7, 11) is 0. The Morgan fingerprint density at radius 3 is 2.17 bits per heavy atom.